The van der Waals surface area contributed by atoms with Gasteiger partial charge in [0.1, 0.15) is 0 Å². The van der Waals surface area contributed by atoms with Crippen LogP contribution in [0, 0.1) is 13.8 Å². The van der Waals surface area contributed by atoms with Crippen molar-refractivity contribution in [3.05, 3.63) is 45.4 Å². The van der Waals surface area contributed by atoms with Crippen LogP contribution in [0.1, 0.15) is 35.6 Å². The molecule has 1 N–H and O–H groups in total. The van der Waals surface area contributed by atoms with Gasteiger partial charge in [-0.3, -0.25) is 9.67 Å². The predicted octanol–water partition coefficient (Wildman–Crippen LogP) is 2.96. The largest absolute Gasteiger partial charge is 0.308 e. The summed E-state index contributed by atoms with van der Waals surface area (Å²) in [4.78, 5) is 4.71. The number of rotatable bonds is 5. The maximum atomic E-state index is 4.71. The van der Waals surface area contributed by atoms with E-state index in [4.69, 9.17) is 4.98 Å². The fourth-order valence-corrected chi connectivity index (χ4v) is 2.52. The summed E-state index contributed by atoms with van der Waals surface area (Å²) in [5.41, 5.74) is 4.33. The summed E-state index contributed by atoms with van der Waals surface area (Å²) < 4.78 is 3.09. The molecule has 0 unspecified atom stereocenters. The second-order valence-corrected chi connectivity index (χ2v) is 6.21. The van der Waals surface area contributed by atoms with Crippen molar-refractivity contribution in [3.63, 3.8) is 0 Å². The van der Waals surface area contributed by atoms with Crippen LogP contribution in [0.3, 0.4) is 0 Å². The van der Waals surface area contributed by atoms with Gasteiger partial charge in [0.25, 0.3) is 0 Å². The Morgan fingerprint density at radius 1 is 1.30 bits per heavy atom. The SMILES string of the molecule is Cc1nn(Cc2cccc(CNC3CC3)n2)c(C)c1Br. The second-order valence-electron chi connectivity index (χ2n) is 5.42. The van der Waals surface area contributed by atoms with Crippen LogP contribution in [0.15, 0.2) is 22.7 Å². The second kappa shape index (κ2) is 5.66. The molecule has 2 heterocycles. The number of nitrogens with one attached hydrogen (secondary N) is 1. The van der Waals surface area contributed by atoms with E-state index in [9.17, 15) is 0 Å². The van der Waals surface area contributed by atoms with Crippen LogP contribution in [0.4, 0.5) is 0 Å². The van der Waals surface area contributed by atoms with Gasteiger partial charge < -0.3 is 5.32 Å². The van der Waals surface area contributed by atoms with E-state index in [0.717, 1.165) is 40.3 Å². The molecule has 0 bridgehead atoms. The maximum absolute atomic E-state index is 4.71. The summed E-state index contributed by atoms with van der Waals surface area (Å²) in [7, 11) is 0. The average molecular weight is 335 g/mol. The first-order chi connectivity index (χ1) is 9.63. The number of hydrogen-bond donors (Lipinski definition) is 1. The quantitative estimate of drug-likeness (QED) is 0.914. The Kier molecular flexibility index (Phi) is 3.89. The predicted molar refractivity (Wildman–Crippen MR) is 82.6 cm³/mol. The van der Waals surface area contributed by atoms with Crippen molar-refractivity contribution in [1.29, 1.82) is 0 Å². The molecule has 5 heteroatoms. The molecule has 0 aromatic carbocycles. The molecule has 0 amide bonds. The lowest BCUT2D eigenvalue weighted by Crippen LogP contribution is -2.17. The van der Waals surface area contributed by atoms with Crippen molar-refractivity contribution < 1.29 is 0 Å². The number of aromatic nitrogens is 3. The Labute approximate surface area is 127 Å². The molecule has 20 heavy (non-hydrogen) atoms. The average Bonchev–Trinajstić information content (AvgIpc) is 3.23. The highest BCUT2D eigenvalue weighted by Crippen LogP contribution is 2.21. The summed E-state index contributed by atoms with van der Waals surface area (Å²) in [5, 5.41) is 8.03. The third-order valence-electron chi connectivity index (χ3n) is 3.62. The van der Waals surface area contributed by atoms with Crippen LogP contribution in [0.25, 0.3) is 0 Å². The first kappa shape index (κ1) is 13.8. The maximum Gasteiger partial charge on any atom is 0.0835 e. The van der Waals surface area contributed by atoms with Crippen molar-refractivity contribution in [2.75, 3.05) is 0 Å². The van der Waals surface area contributed by atoms with Gasteiger partial charge in [0, 0.05) is 12.6 Å². The van der Waals surface area contributed by atoms with E-state index in [1.165, 1.54) is 12.8 Å². The molecule has 2 aromatic heterocycles. The van der Waals surface area contributed by atoms with E-state index < -0.39 is 0 Å². The molecule has 2 aromatic rings. The molecule has 0 atom stereocenters. The molecule has 1 fully saturated rings. The van der Waals surface area contributed by atoms with E-state index in [0.29, 0.717) is 6.04 Å². The van der Waals surface area contributed by atoms with Crippen LogP contribution in [0.2, 0.25) is 0 Å². The zero-order valence-corrected chi connectivity index (χ0v) is 13.4. The van der Waals surface area contributed by atoms with Crippen LogP contribution < -0.4 is 5.32 Å². The monoisotopic (exact) mass is 334 g/mol. The van der Waals surface area contributed by atoms with Crippen LogP contribution in [-0.4, -0.2) is 20.8 Å². The summed E-state index contributed by atoms with van der Waals surface area (Å²) in [6.45, 7) is 5.66. The van der Waals surface area contributed by atoms with Crippen molar-refractivity contribution in [3.8, 4) is 0 Å². The Hall–Kier alpha value is -1.20. The third-order valence-corrected chi connectivity index (χ3v) is 4.77. The molecule has 0 spiro atoms. The summed E-state index contributed by atoms with van der Waals surface area (Å²) in [6.07, 6.45) is 2.61. The minimum absolute atomic E-state index is 0.715. The van der Waals surface area contributed by atoms with E-state index in [1.54, 1.807) is 0 Å². The van der Waals surface area contributed by atoms with Crippen molar-refractivity contribution in [2.24, 2.45) is 0 Å². The number of nitrogens with zero attached hydrogens (tertiary/aromatic N) is 3. The van der Waals surface area contributed by atoms with Crippen molar-refractivity contribution in [1.82, 2.24) is 20.1 Å². The summed E-state index contributed by atoms with van der Waals surface area (Å²) >= 11 is 3.56. The van der Waals surface area contributed by atoms with Gasteiger partial charge >= 0.3 is 0 Å². The molecular formula is C15H19BrN4. The Morgan fingerprint density at radius 3 is 2.70 bits per heavy atom. The van der Waals surface area contributed by atoms with Crippen LogP contribution in [-0.2, 0) is 13.1 Å². The number of pyridine rings is 1. The molecule has 1 aliphatic carbocycles. The summed E-state index contributed by atoms with van der Waals surface area (Å²) in [6, 6.07) is 6.93. The van der Waals surface area contributed by atoms with Crippen molar-refractivity contribution >= 4 is 15.9 Å². The molecule has 3 rings (SSSR count). The summed E-state index contributed by atoms with van der Waals surface area (Å²) in [5.74, 6) is 0. The molecule has 0 radical (unpaired) electrons. The molecular weight excluding hydrogens is 316 g/mol. The first-order valence-electron chi connectivity index (χ1n) is 7.01. The highest BCUT2D eigenvalue weighted by molar-refractivity contribution is 9.10. The normalized spacial score (nSPS) is 14.8. The van der Waals surface area contributed by atoms with Gasteiger partial charge in [0.05, 0.1) is 33.8 Å². The molecule has 4 nitrogen and oxygen atoms in total. The highest BCUT2D eigenvalue weighted by atomic mass is 79.9. The van der Waals surface area contributed by atoms with E-state index in [1.807, 2.05) is 11.6 Å². The van der Waals surface area contributed by atoms with Gasteiger partial charge in [-0.15, -0.1) is 0 Å². The van der Waals surface area contributed by atoms with Gasteiger partial charge in [-0.05, 0) is 54.8 Å². The highest BCUT2D eigenvalue weighted by Gasteiger charge is 2.20. The molecule has 0 aliphatic heterocycles. The van der Waals surface area contributed by atoms with E-state index in [-0.39, 0.29) is 0 Å². The van der Waals surface area contributed by atoms with Gasteiger partial charge in [-0.2, -0.15) is 5.10 Å². The number of halogens is 1. The number of aryl methyl sites for hydroxylation is 1. The Balaban J connectivity index is 1.72. The fraction of sp³-hybridized carbons (Fsp3) is 0.467. The molecule has 1 aliphatic rings. The minimum Gasteiger partial charge on any atom is -0.308 e. The fourth-order valence-electron chi connectivity index (χ4n) is 2.23. The van der Waals surface area contributed by atoms with Gasteiger partial charge in [0.15, 0.2) is 0 Å². The minimum atomic E-state index is 0.715. The van der Waals surface area contributed by atoms with Crippen LogP contribution >= 0.6 is 15.9 Å². The standard InChI is InChI=1S/C15H19BrN4/c1-10-15(16)11(2)20(19-10)9-14-5-3-4-13(18-14)8-17-12-6-7-12/h3-5,12,17H,6-9H2,1-2H3. The Morgan fingerprint density at radius 2 is 2.05 bits per heavy atom. The Bertz CT molecular complexity index is 616. The van der Waals surface area contributed by atoms with Gasteiger partial charge in [-0.1, -0.05) is 6.07 Å². The smallest absolute Gasteiger partial charge is 0.0835 e. The lowest BCUT2D eigenvalue weighted by Gasteiger charge is -2.07. The molecule has 0 saturated heterocycles. The van der Waals surface area contributed by atoms with Gasteiger partial charge in [0.2, 0.25) is 0 Å². The lowest BCUT2D eigenvalue weighted by atomic mass is 10.3. The number of hydrogen-bond acceptors (Lipinski definition) is 3. The first-order valence-corrected chi connectivity index (χ1v) is 7.80. The topological polar surface area (TPSA) is 42.7 Å². The van der Waals surface area contributed by atoms with Crippen LogP contribution in [0.5, 0.6) is 0 Å². The van der Waals surface area contributed by atoms with Gasteiger partial charge in [-0.25, -0.2) is 0 Å². The van der Waals surface area contributed by atoms with E-state index >= 15 is 0 Å². The van der Waals surface area contributed by atoms with E-state index in [2.05, 4.69) is 51.5 Å². The third kappa shape index (κ3) is 3.10. The molecule has 1 saturated carbocycles. The zero-order valence-electron chi connectivity index (χ0n) is 11.9. The van der Waals surface area contributed by atoms with Crippen molar-refractivity contribution in [2.45, 2.75) is 45.8 Å². The lowest BCUT2D eigenvalue weighted by molar-refractivity contribution is 0.633. The molecule has 106 valence electrons. The zero-order chi connectivity index (χ0) is 14.1.